The van der Waals surface area contributed by atoms with Gasteiger partial charge in [-0.1, -0.05) is 0 Å². The molecule has 0 aliphatic carbocycles. The highest BCUT2D eigenvalue weighted by molar-refractivity contribution is 7.80. The monoisotopic (exact) mass is 545 g/mol. The van der Waals surface area contributed by atoms with Crippen molar-refractivity contribution in [3.8, 4) is 0 Å². The standard InChI is InChI=1S/C19H31N9O8S/c20-19(21)22-3-1-2-9-16(33)25-5-13(30)24-7-15(32)27-11(8-37)17(34)28-10(18(35)36)4-12(29)23-6-14(31)26-9/h9-11,37H,1-8H2,(H,23,29)(H,24,30)(H,25,33)(H,26,31)(H,27,32)(H,28,34)(H,35,36)(H4,20,21,22)/t9-,10-,11-/m0/s1. The van der Waals surface area contributed by atoms with Crippen LogP contribution in [0.2, 0.25) is 0 Å². The van der Waals surface area contributed by atoms with E-state index in [4.69, 9.17) is 11.5 Å². The molecule has 1 heterocycles. The smallest absolute Gasteiger partial charge is 0.326 e. The van der Waals surface area contributed by atoms with Gasteiger partial charge in [-0.05, 0) is 12.8 Å². The SMILES string of the molecule is NC(N)=NCCC[C@@H]1NC(=O)CNC(=O)C[C@@H](C(=O)O)NC(=O)[C@H](CS)NC(=O)CNC(=O)CNC1=O. The van der Waals surface area contributed by atoms with E-state index in [0.29, 0.717) is 0 Å². The molecule has 17 nitrogen and oxygen atoms in total. The van der Waals surface area contributed by atoms with E-state index in [1.54, 1.807) is 0 Å². The maximum absolute atomic E-state index is 12.6. The van der Waals surface area contributed by atoms with Crippen molar-refractivity contribution in [3.05, 3.63) is 0 Å². The quantitative estimate of drug-likeness (QED) is 0.0653. The summed E-state index contributed by atoms with van der Waals surface area (Å²) in [6, 6.07) is -4.07. The minimum Gasteiger partial charge on any atom is -0.480 e. The third-order valence-corrected chi connectivity index (χ3v) is 5.12. The average molecular weight is 546 g/mol. The highest BCUT2D eigenvalue weighted by atomic mass is 32.1. The molecule has 1 aliphatic heterocycles. The molecule has 11 N–H and O–H groups in total. The summed E-state index contributed by atoms with van der Waals surface area (Å²) in [5.74, 6) is -6.75. The van der Waals surface area contributed by atoms with Crippen LogP contribution in [0.1, 0.15) is 19.3 Å². The Morgan fingerprint density at radius 1 is 0.838 bits per heavy atom. The van der Waals surface area contributed by atoms with Crippen molar-refractivity contribution >= 4 is 60.0 Å². The van der Waals surface area contributed by atoms with Crippen LogP contribution in [-0.2, 0) is 33.6 Å². The fraction of sp³-hybridized carbons (Fsp3) is 0.579. The first-order valence-electron chi connectivity index (χ1n) is 11.0. The summed E-state index contributed by atoms with van der Waals surface area (Å²) in [7, 11) is 0. The average Bonchev–Trinajstić information content (AvgIpc) is 2.83. The second kappa shape index (κ2) is 15.8. The van der Waals surface area contributed by atoms with Crippen LogP contribution < -0.4 is 43.4 Å². The van der Waals surface area contributed by atoms with E-state index in [-0.39, 0.29) is 31.1 Å². The predicted octanol–water partition coefficient (Wildman–Crippen LogP) is -5.74. The lowest BCUT2D eigenvalue weighted by molar-refractivity contribution is -0.144. The molecule has 1 fully saturated rings. The fourth-order valence-electron chi connectivity index (χ4n) is 2.90. The normalized spacial score (nSPS) is 22.9. The maximum Gasteiger partial charge on any atom is 0.326 e. The van der Waals surface area contributed by atoms with E-state index in [0.717, 1.165) is 0 Å². The topological polar surface area (TPSA) is 276 Å². The number of carbonyl (C=O) groups is 7. The molecule has 3 atom stereocenters. The Balaban J connectivity index is 3.03. The zero-order valence-electron chi connectivity index (χ0n) is 19.7. The summed E-state index contributed by atoms with van der Waals surface area (Å²) in [5.41, 5.74) is 10.5. The highest BCUT2D eigenvalue weighted by Crippen LogP contribution is 2.00. The first kappa shape index (κ1) is 30.9. The lowest BCUT2D eigenvalue weighted by Gasteiger charge is -2.20. The number of thiol groups is 1. The Hall–Kier alpha value is -4.09. The van der Waals surface area contributed by atoms with Crippen LogP contribution >= 0.6 is 12.6 Å². The number of carboxylic acid groups (broad SMARTS) is 1. The third kappa shape index (κ3) is 12.4. The van der Waals surface area contributed by atoms with Crippen LogP contribution in [0.4, 0.5) is 0 Å². The number of hydrogen-bond donors (Lipinski definition) is 10. The lowest BCUT2D eigenvalue weighted by Crippen LogP contribution is -2.54. The number of amides is 6. The summed E-state index contributed by atoms with van der Waals surface area (Å²) in [6.45, 7) is -1.54. The molecule has 0 unspecified atom stereocenters. The maximum atomic E-state index is 12.6. The van der Waals surface area contributed by atoms with Crippen LogP contribution in [0.15, 0.2) is 4.99 Å². The van der Waals surface area contributed by atoms with Gasteiger partial charge in [-0.3, -0.25) is 33.8 Å². The number of nitrogens with one attached hydrogen (secondary N) is 6. The van der Waals surface area contributed by atoms with Crippen LogP contribution in [0.3, 0.4) is 0 Å². The largest absolute Gasteiger partial charge is 0.480 e. The molecule has 0 spiro atoms. The van der Waals surface area contributed by atoms with Crippen molar-refractivity contribution < 1.29 is 38.7 Å². The summed E-state index contributed by atoms with van der Waals surface area (Å²) in [5, 5.41) is 22.9. The first-order valence-corrected chi connectivity index (χ1v) is 11.7. The summed E-state index contributed by atoms with van der Waals surface area (Å²) in [4.78, 5) is 88.9. The van der Waals surface area contributed by atoms with Crippen molar-refractivity contribution in [2.45, 2.75) is 37.4 Å². The van der Waals surface area contributed by atoms with Crippen LogP contribution in [0.5, 0.6) is 0 Å². The van der Waals surface area contributed by atoms with Crippen molar-refractivity contribution in [3.63, 3.8) is 0 Å². The highest BCUT2D eigenvalue weighted by Gasteiger charge is 2.28. The van der Waals surface area contributed by atoms with Crippen LogP contribution in [0.25, 0.3) is 0 Å². The molecule has 1 rings (SSSR count). The van der Waals surface area contributed by atoms with Gasteiger partial charge in [-0.25, -0.2) is 4.79 Å². The number of nitrogens with two attached hydrogens (primary N) is 2. The van der Waals surface area contributed by atoms with Gasteiger partial charge in [-0.15, -0.1) is 0 Å². The number of hydrogen-bond acceptors (Lipinski definition) is 9. The van der Waals surface area contributed by atoms with Gasteiger partial charge in [0.25, 0.3) is 0 Å². The minimum absolute atomic E-state index is 0.0740. The van der Waals surface area contributed by atoms with Gasteiger partial charge in [-0.2, -0.15) is 12.6 Å². The molecule has 1 aliphatic rings. The van der Waals surface area contributed by atoms with E-state index >= 15 is 0 Å². The summed E-state index contributed by atoms with van der Waals surface area (Å²) in [6.07, 6.45) is -0.369. The first-order chi connectivity index (χ1) is 17.4. The number of guanidine groups is 1. The van der Waals surface area contributed by atoms with Gasteiger partial charge in [0, 0.05) is 12.3 Å². The molecular formula is C19H31N9O8S. The Morgan fingerprint density at radius 2 is 1.41 bits per heavy atom. The second-order valence-electron chi connectivity index (χ2n) is 7.75. The summed E-state index contributed by atoms with van der Waals surface area (Å²) < 4.78 is 0. The molecule has 206 valence electrons. The van der Waals surface area contributed by atoms with Gasteiger partial charge in [0.15, 0.2) is 5.96 Å². The van der Waals surface area contributed by atoms with Crippen molar-refractivity contribution in [1.29, 1.82) is 0 Å². The van der Waals surface area contributed by atoms with Crippen LogP contribution in [-0.4, -0.2) is 103 Å². The predicted molar refractivity (Wildman–Crippen MR) is 131 cm³/mol. The number of nitrogens with zero attached hydrogens (tertiary/aromatic N) is 1. The molecule has 0 aromatic rings. The summed E-state index contributed by atoms with van der Waals surface area (Å²) >= 11 is 3.95. The second-order valence-corrected chi connectivity index (χ2v) is 8.11. The molecule has 18 heteroatoms. The number of carboxylic acids is 1. The molecule has 1 saturated heterocycles. The molecule has 0 aromatic carbocycles. The Bertz CT molecular complexity index is 925. The van der Waals surface area contributed by atoms with E-state index in [2.05, 4.69) is 49.5 Å². The van der Waals surface area contributed by atoms with E-state index in [1.165, 1.54) is 0 Å². The van der Waals surface area contributed by atoms with Crippen molar-refractivity contribution in [2.24, 2.45) is 16.5 Å². The number of carbonyl (C=O) groups excluding carboxylic acids is 6. The Kier molecular flexibility index (Phi) is 13.2. The molecule has 6 amide bonds. The van der Waals surface area contributed by atoms with Crippen molar-refractivity contribution in [2.75, 3.05) is 31.9 Å². The van der Waals surface area contributed by atoms with E-state index in [1.807, 2.05) is 0 Å². The van der Waals surface area contributed by atoms with Gasteiger partial charge in [0.2, 0.25) is 35.4 Å². The fourth-order valence-corrected chi connectivity index (χ4v) is 3.16. The molecule has 37 heavy (non-hydrogen) atoms. The molecule has 0 bridgehead atoms. The molecule has 0 saturated carbocycles. The van der Waals surface area contributed by atoms with E-state index < -0.39 is 85.6 Å². The van der Waals surface area contributed by atoms with Gasteiger partial charge < -0.3 is 48.5 Å². The van der Waals surface area contributed by atoms with Gasteiger partial charge >= 0.3 is 5.97 Å². The Morgan fingerprint density at radius 3 is 1.97 bits per heavy atom. The zero-order valence-corrected chi connectivity index (χ0v) is 20.6. The molecule has 0 radical (unpaired) electrons. The Labute approximate surface area is 216 Å². The lowest BCUT2D eigenvalue weighted by atomic mass is 10.1. The third-order valence-electron chi connectivity index (χ3n) is 4.75. The van der Waals surface area contributed by atoms with Crippen LogP contribution in [0, 0.1) is 0 Å². The van der Waals surface area contributed by atoms with Gasteiger partial charge in [0.05, 0.1) is 26.1 Å². The molecular weight excluding hydrogens is 514 g/mol. The molecule has 0 aromatic heterocycles. The van der Waals surface area contributed by atoms with E-state index in [9.17, 15) is 38.7 Å². The number of aliphatic imine (C=N–C) groups is 1. The number of rotatable bonds is 6. The van der Waals surface area contributed by atoms with Gasteiger partial charge in [0.1, 0.15) is 18.1 Å². The number of aliphatic carboxylic acids is 1. The zero-order chi connectivity index (χ0) is 28.0. The minimum atomic E-state index is -1.68. The van der Waals surface area contributed by atoms with Crippen molar-refractivity contribution in [1.82, 2.24) is 31.9 Å².